The summed E-state index contributed by atoms with van der Waals surface area (Å²) < 4.78 is 28.8. The number of rotatable bonds is 4. The largest absolute Gasteiger partial charge is 0.279 e. The van der Waals surface area contributed by atoms with Gasteiger partial charge in [-0.3, -0.25) is 4.68 Å². The lowest BCUT2D eigenvalue weighted by atomic mass is 10.2. The van der Waals surface area contributed by atoms with Crippen LogP contribution in [-0.2, 0) is 36.6 Å². The van der Waals surface area contributed by atoms with Gasteiger partial charge < -0.3 is 0 Å². The lowest BCUT2D eigenvalue weighted by Gasteiger charge is -2.13. The summed E-state index contributed by atoms with van der Waals surface area (Å²) in [7, 11) is 1.51. The normalized spacial score (nSPS) is 15.5. The van der Waals surface area contributed by atoms with Gasteiger partial charge in [0.05, 0.1) is 17.9 Å². The summed E-state index contributed by atoms with van der Waals surface area (Å²) in [6, 6.07) is 0. The van der Waals surface area contributed by atoms with Gasteiger partial charge in [-0.2, -0.15) is 22.5 Å². The predicted octanol–water partition coefficient (Wildman–Crippen LogP) is -0.195. The third-order valence-corrected chi connectivity index (χ3v) is 4.57. The van der Waals surface area contributed by atoms with Gasteiger partial charge in [0.25, 0.3) is 10.2 Å². The molecule has 0 aromatic carbocycles. The molecule has 0 unspecified atom stereocenters. The summed E-state index contributed by atoms with van der Waals surface area (Å²) in [6.07, 6.45) is 3.12. The average molecular weight is 258 g/mol. The number of nitrogens with one attached hydrogen (secondary N) is 1. The summed E-state index contributed by atoms with van der Waals surface area (Å²) in [5.41, 5.74) is 3.31. The second-order valence-corrected chi connectivity index (χ2v) is 6.43. The molecule has 0 atom stereocenters. The molecule has 2 rings (SSSR count). The third kappa shape index (κ3) is 2.36. The van der Waals surface area contributed by atoms with E-state index in [0.29, 0.717) is 6.54 Å². The van der Waals surface area contributed by atoms with E-state index in [-0.39, 0.29) is 0 Å². The number of fused-ring (bicyclic) bond motifs is 1. The van der Waals surface area contributed by atoms with Crippen molar-refractivity contribution in [3.05, 3.63) is 17.0 Å². The highest BCUT2D eigenvalue weighted by Crippen LogP contribution is 2.24. The molecule has 1 heterocycles. The molecular formula is C10H18N4O2S. The molecule has 0 bridgehead atoms. The Morgan fingerprint density at radius 1 is 1.41 bits per heavy atom. The zero-order chi connectivity index (χ0) is 12.6. The molecule has 1 aliphatic rings. The SMILES string of the molecule is CN(C)S(=O)(=O)NCc1c2c(nn1C)CCC2. The van der Waals surface area contributed by atoms with Crippen molar-refractivity contribution < 1.29 is 8.42 Å². The molecule has 0 amide bonds. The van der Waals surface area contributed by atoms with Gasteiger partial charge in [-0.15, -0.1) is 0 Å². The molecule has 1 aromatic rings. The van der Waals surface area contributed by atoms with Crippen molar-refractivity contribution in [1.29, 1.82) is 0 Å². The minimum absolute atomic E-state index is 0.305. The number of aromatic nitrogens is 2. The van der Waals surface area contributed by atoms with Gasteiger partial charge in [0.15, 0.2) is 0 Å². The minimum Gasteiger partial charge on any atom is -0.271 e. The van der Waals surface area contributed by atoms with Crippen LogP contribution in [0.1, 0.15) is 23.4 Å². The maximum absolute atomic E-state index is 11.6. The second kappa shape index (κ2) is 4.40. The van der Waals surface area contributed by atoms with Crippen LogP contribution in [-0.4, -0.2) is 36.6 Å². The lowest BCUT2D eigenvalue weighted by Crippen LogP contribution is -2.35. The van der Waals surface area contributed by atoms with Crippen molar-refractivity contribution in [2.24, 2.45) is 7.05 Å². The molecule has 1 N–H and O–H groups in total. The standard InChI is InChI=1S/C10H18N4O2S/c1-13(2)17(15,16)11-7-10-8-5-4-6-9(8)12-14(10)3/h11H,4-7H2,1-3H3. The summed E-state index contributed by atoms with van der Waals surface area (Å²) in [5, 5.41) is 4.40. The Hall–Kier alpha value is -0.920. The summed E-state index contributed by atoms with van der Waals surface area (Å²) in [5.74, 6) is 0. The van der Waals surface area contributed by atoms with Crippen LogP contribution < -0.4 is 4.72 Å². The number of nitrogens with zero attached hydrogens (tertiary/aromatic N) is 3. The van der Waals surface area contributed by atoms with Crippen molar-refractivity contribution in [2.45, 2.75) is 25.8 Å². The van der Waals surface area contributed by atoms with Gasteiger partial charge in [-0.1, -0.05) is 0 Å². The van der Waals surface area contributed by atoms with Crippen molar-refractivity contribution in [3.8, 4) is 0 Å². The Bertz CT molecular complexity index is 519. The maximum atomic E-state index is 11.6. The van der Waals surface area contributed by atoms with Crippen molar-refractivity contribution in [1.82, 2.24) is 18.8 Å². The van der Waals surface area contributed by atoms with Gasteiger partial charge in [-0.25, -0.2) is 0 Å². The fourth-order valence-electron chi connectivity index (χ4n) is 2.10. The van der Waals surface area contributed by atoms with Gasteiger partial charge in [0.2, 0.25) is 0 Å². The molecule has 7 heteroatoms. The Kier molecular flexibility index (Phi) is 3.24. The fraction of sp³-hybridized carbons (Fsp3) is 0.700. The van der Waals surface area contributed by atoms with Crippen LogP contribution in [0.25, 0.3) is 0 Å². The first kappa shape index (κ1) is 12.5. The van der Waals surface area contributed by atoms with Gasteiger partial charge in [0.1, 0.15) is 0 Å². The highest BCUT2D eigenvalue weighted by Gasteiger charge is 2.22. The monoisotopic (exact) mass is 258 g/mol. The van der Waals surface area contributed by atoms with E-state index in [4.69, 9.17) is 0 Å². The third-order valence-electron chi connectivity index (χ3n) is 3.10. The zero-order valence-electron chi connectivity index (χ0n) is 10.4. The molecule has 0 aliphatic heterocycles. The molecule has 0 saturated heterocycles. The minimum atomic E-state index is -3.37. The van der Waals surface area contributed by atoms with Crippen LogP contribution in [0.5, 0.6) is 0 Å². The Morgan fingerprint density at radius 2 is 2.12 bits per heavy atom. The van der Waals surface area contributed by atoms with Crippen LogP contribution in [0.4, 0.5) is 0 Å². The van der Waals surface area contributed by atoms with Crippen LogP contribution >= 0.6 is 0 Å². The second-order valence-electron chi connectivity index (χ2n) is 4.46. The molecule has 1 aliphatic carbocycles. The van der Waals surface area contributed by atoms with Gasteiger partial charge >= 0.3 is 0 Å². The van der Waals surface area contributed by atoms with Crippen LogP contribution in [0.2, 0.25) is 0 Å². The molecule has 6 nitrogen and oxygen atoms in total. The van der Waals surface area contributed by atoms with Crippen molar-refractivity contribution in [3.63, 3.8) is 0 Å². The quantitative estimate of drug-likeness (QED) is 0.813. The molecule has 0 radical (unpaired) electrons. The van der Waals surface area contributed by atoms with Crippen LogP contribution in [0.15, 0.2) is 0 Å². The Morgan fingerprint density at radius 3 is 2.76 bits per heavy atom. The lowest BCUT2D eigenvalue weighted by molar-refractivity contribution is 0.502. The smallest absolute Gasteiger partial charge is 0.271 e. The first-order chi connectivity index (χ1) is 7.92. The van der Waals surface area contributed by atoms with E-state index in [1.54, 1.807) is 4.68 Å². The maximum Gasteiger partial charge on any atom is 0.279 e. The number of aryl methyl sites for hydroxylation is 2. The van der Waals surface area contributed by atoms with Gasteiger partial charge in [-0.05, 0) is 24.8 Å². The van der Waals surface area contributed by atoms with Crippen molar-refractivity contribution in [2.75, 3.05) is 14.1 Å². The van der Waals surface area contributed by atoms with Gasteiger partial charge in [0, 0.05) is 21.1 Å². The molecular weight excluding hydrogens is 240 g/mol. The zero-order valence-corrected chi connectivity index (χ0v) is 11.2. The van der Waals surface area contributed by atoms with Crippen molar-refractivity contribution >= 4 is 10.2 Å². The van der Waals surface area contributed by atoms with E-state index in [1.807, 2.05) is 7.05 Å². The number of hydrogen-bond donors (Lipinski definition) is 1. The van der Waals surface area contributed by atoms with E-state index >= 15 is 0 Å². The average Bonchev–Trinajstić information content (AvgIpc) is 2.75. The summed E-state index contributed by atoms with van der Waals surface area (Å²) in [4.78, 5) is 0. The molecule has 0 fully saturated rings. The van der Waals surface area contributed by atoms with E-state index in [1.165, 1.54) is 24.0 Å². The topological polar surface area (TPSA) is 67.2 Å². The fourth-order valence-corrected chi connectivity index (χ4v) is 2.67. The molecule has 96 valence electrons. The van der Waals surface area contributed by atoms with E-state index in [0.717, 1.165) is 30.7 Å². The molecule has 17 heavy (non-hydrogen) atoms. The molecule has 0 spiro atoms. The molecule has 1 aromatic heterocycles. The van der Waals surface area contributed by atoms with Crippen LogP contribution in [0, 0.1) is 0 Å². The predicted molar refractivity (Wildman–Crippen MR) is 64.7 cm³/mol. The number of hydrogen-bond acceptors (Lipinski definition) is 3. The highest BCUT2D eigenvalue weighted by atomic mass is 32.2. The summed E-state index contributed by atoms with van der Waals surface area (Å²) in [6.45, 7) is 0.305. The van der Waals surface area contributed by atoms with Crippen LogP contribution in [0.3, 0.4) is 0 Å². The molecule has 0 saturated carbocycles. The van der Waals surface area contributed by atoms with E-state index < -0.39 is 10.2 Å². The first-order valence-electron chi connectivity index (χ1n) is 5.62. The van der Waals surface area contributed by atoms with E-state index in [9.17, 15) is 8.42 Å². The first-order valence-corrected chi connectivity index (χ1v) is 7.06. The van der Waals surface area contributed by atoms with E-state index in [2.05, 4.69) is 9.82 Å². The Labute approximate surface area is 102 Å². The summed E-state index contributed by atoms with van der Waals surface area (Å²) >= 11 is 0. The Balaban J connectivity index is 2.15. The highest BCUT2D eigenvalue weighted by molar-refractivity contribution is 7.87.